The van der Waals surface area contributed by atoms with E-state index in [1.165, 1.54) is 6.08 Å². The number of aliphatic hydroxyl groups excluding tert-OH is 1. The maximum Gasteiger partial charge on any atom is 0.244 e. The minimum absolute atomic E-state index is 0.0950. The second kappa shape index (κ2) is 6.98. The summed E-state index contributed by atoms with van der Waals surface area (Å²) >= 11 is 0. The van der Waals surface area contributed by atoms with E-state index in [-0.39, 0.29) is 19.2 Å². The molecule has 5 heteroatoms. The lowest BCUT2D eigenvalue weighted by molar-refractivity contribution is -0.116. The number of para-hydroxylation sites is 1. The summed E-state index contributed by atoms with van der Waals surface area (Å²) in [5, 5.41) is 12.9. The Hall–Kier alpha value is -2.79. The molecule has 1 amide bonds. The molecule has 3 rings (SSSR count). The molecule has 0 aliphatic carbocycles. The maximum absolute atomic E-state index is 11.8. The molecule has 0 radical (unpaired) electrons. The van der Waals surface area contributed by atoms with Crippen molar-refractivity contribution in [3.63, 3.8) is 0 Å². The number of carbonyl (C=O) groups is 1. The number of nitrogens with one attached hydrogen (secondary N) is 1. The van der Waals surface area contributed by atoms with Gasteiger partial charge < -0.3 is 19.9 Å². The van der Waals surface area contributed by atoms with E-state index >= 15 is 0 Å². The topological polar surface area (TPSA) is 67.8 Å². The number of hydrogen-bond donors (Lipinski definition) is 2. The molecule has 0 saturated heterocycles. The number of amides is 1. The SMILES string of the molecule is O=C(/C=C/c1ccccc1)NC[C@H](O)c1cccc2c1OCO2. The monoisotopic (exact) mass is 311 g/mol. The van der Waals surface area contributed by atoms with Gasteiger partial charge in [0.25, 0.3) is 0 Å². The molecule has 0 spiro atoms. The van der Waals surface area contributed by atoms with E-state index < -0.39 is 6.10 Å². The van der Waals surface area contributed by atoms with Crippen molar-refractivity contribution in [1.29, 1.82) is 0 Å². The molecule has 1 atom stereocenters. The molecule has 2 N–H and O–H groups in total. The average molecular weight is 311 g/mol. The van der Waals surface area contributed by atoms with Gasteiger partial charge in [0.15, 0.2) is 11.5 Å². The van der Waals surface area contributed by atoms with E-state index in [0.717, 1.165) is 5.56 Å². The van der Waals surface area contributed by atoms with E-state index in [2.05, 4.69) is 5.32 Å². The Morgan fingerprint density at radius 1 is 1.17 bits per heavy atom. The summed E-state index contributed by atoms with van der Waals surface area (Å²) < 4.78 is 10.6. The van der Waals surface area contributed by atoms with E-state index in [9.17, 15) is 9.90 Å². The first-order chi connectivity index (χ1) is 11.2. The molecule has 2 aromatic rings. The highest BCUT2D eigenvalue weighted by Crippen LogP contribution is 2.38. The van der Waals surface area contributed by atoms with Gasteiger partial charge in [-0.05, 0) is 17.7 Å². The van der Waals surface area contributed by atoms with Crippen LogP contribution < -0.4 is 14.8 Å². The van der Waals surface area contributed by atoms with Crippen LogP contribution in [0.25, 0.3) is 6.08 Å². The van der Waals surface area contributed by atoms with Crippen molar-refractivity contribution in [2.75, 3.05) is 13.3 Å². The summed E-state index contributed by atoms with van der Waals surface area (Å²) in [7, 11) is 0. The predicted molar refractivity (Wildman–Crippen MR) is 86.0 cm³/mol. The smallest absolute Gasteiger partial charge is 0.244 e. The Morgan fingerprint density at radius 3 is 2.83 bits per heavy atom. The number of rotatable bonds is 5. The van der Waals surface area contributed by atoms with Crippen molar-refractivity contribution in [3.05, 3.63) is 65.7 Å². The zero-order valence-electron chi connectivity index (χ0n) is 12.4. The van der Waals surface area contributed by atoms with Crippen molar-refractivity contribution in [2.45, 2.75) is 6.10 Å². The molecule has 0 fully saturated rings. The molecule has 1 aliphatic rings. The number of hydrogen-bond acceptors (Lipinski definition) is 4. The first kappa shape index (κ1) is 15.1. The lowest BCUT2D eigenvalue weighted by Gasteiger charge is -2.13. The minimum Gasteiger partial charge on any atom is -0.454 e. The fourth-order valence-corrected chi connectivity index (χ4v) is 2.32. The molecule has 5 nitrogen and oxygen atoms in total. The Bertz CT molecular complexity index is 712. The third kappa shape index (κ3) is 3.70. The normalized spacial score (nSPS) is 14.0. The van der Waals surface area contributed by atoms with Gasteiger partial charge in [-0.15, -0.1) is 0 Å². The van der Waals surface area contributed by atoms with Crippen LogP contribution >= 0.6 is 0 Å². The van der Waals surface area contributed by atoms with Gasteiger partial charge in [0, 0.05) is 18.2 Å². The van der Waals surface area contributed by atoms with Gasteiger partial charge in [-0.2, -0.15) is 0 Å². The van der Waals surface area contributed by atoms with E-state index in [0.29, 0.717) is 17.1 Å². The van der Waals surface area contributed by atoms with Gasteiger partial charge in [-0.1, -0.05) is 42.5 Å². The predicted octanol–water partition coefficient (Wildman–Crippen LogP) is 2.28. The molecule has 23 heavy (non-hydrogen) atoms. The molecule has 0 unspecified atom stereocenters. The Kier molecular flexibility index (Phi) is 4.59. The first-order valence-corrected chi connectivity index (χ1v) is 7.31. The van der Waals surface area contributed by atoms with Crippen LogP contribution in [0.2, 0.25) is 0 Å². The number of fused-ring (bicyclic) bond motifs is 1. The van der Waals surface area contributed by atoms with Crippen molar-refractivity contribution < 1.29 is 19.4 Å². The molecule has 0 saturated carbocycles. The fourth-order valence-electron chi connectivity index (χ4n) is 2.32. The van der Waals surface area contributed by atoms with Crippen molar-refractivity contribution >= 4 is 12.0 Å². The molecule has 0 bridgehead atoms. The van der Waals surface area contributed by atoms with E-state index in [1.54, 1.807) is 24.3 Å². The number of carbonyl (C=O) groups excluding carboxylic acids is 1. The van der Waals surface area contributed by atoms with Crippen LogP contribution in [-0.2, 0) is 4.79 Å². The highest BCUT2D eigenvalue weighted by Gasteiger charge is 2.21. The number of benzene rings is 2. The van der Waals surface area contributed by atoms with Crippen LogP contribution in [-0.4, -0.2) is 24.4 Å². The summed E-state index contributed by atoms with van der Waals surface area (Å²) in [6.45, 7) is 0.239. The summed E-state index contributed by atoms with van der Waals surface area (Å²) in [5.74, 6) is 0.878. The molecule has 1 heterocycles. The second-order valence-electron chi connectivity index (χ2n) is 5.09. The van der Waals surface area contributed by atoms with Crippen LogP contribution in [0.1, 0.15) is 17.2 Å². The zero-order valence-corrected chi connectivity index (χ0v) is 12.4. The lowest BCUT2D eigenvalue weighted by Crippen LogP contribution is -2.26. The minimum atomic E-state index is -0.860. The Balaban J connectivity index is 1.57. The van der Waals surface area contributed by atoms with Gasteiger partial charge in [0.2, 0.25) is 12.7 Å². The highest BCUT2D eigenvalue weighted by atomic mass is 16.7. The lowest BCUT2D eigenvalue weighted by atomic mass is 10.1. The third-order valence-electron chi connectivity index (χ3n) is 3.48. The van der Waals surface area contributed by atoms with Crippen molar-refractivity contribution in [2.24, 2.45) is 0 Å². The van der Waals surface area contributed by atoms with Crippen LogP contribution in [0, 0.1) is 0 Å². The molecule has 0 aromatic heterocycles. The first-order valence-electron chi connectivity index (χ1n) is 7.31. The highest BCUT2D eigenvalue weighted by molar-refractivity contribution is 5.91. The summed E-state index contributed by atoms with van der Waals surface area (Å²) in [4.78, 5) is 11.8. The van der Waals surface area contributed by atoms with Gasteiger partial charge in [0.1, 0.15) is 6.10 Å². The Labute approximate surface area is 134 Å². The van der Waals surface area contributed by atoms with E-state index in [1.807, 2.05) is 30.3 Å². The van der Waals surface area contributed by atoms with Crippen molar-refractivity contribution in [1.82, 2.24) is 5.32 Å². The number of aliphatic hydroxyl groups is 1. The Morgan fingerprint density at radius 2 is 2.00 bits per heavy atom. The maximum atomic E-state index is 11.8. The van der Waals surface area contributed by atoms with Gasteiger partial charge in [-0.25, -0.2) is 0 Å². The molecule has 2 aromatic carbocycles. The van der Waals surface area contributed by atoms with Crippen molar-refractivity contribution in [3.8, 4) is 11.5 Å². The third-order valence-corrected chi connectivity index (χ3v) is 3.48. The van der Waals surface area contributed by atoms with Crippen LogP contribution in [0.3, 0.4) is 0 Å². The fraction of sp³-hybridized carbons (Fsp3) is 0.167. The standard InChI is InChI=1S/C18H17NO4/c20-15(14-7-4-8-16-18(14)23-12-22-16)11-19-17(21)10-9-13-5-2-1-3-6-13/h1-10,15,20H,11-12H2,(H,19,21)/b10-9+/t15-/m0/s1. The van der Waals surface area contributed by atoms with E-state index in [4.69, 9.17) is 9.47 Å². The summed E-state index contributed by atoms with van der Waals surface area (Å²) in [6.07, 6.45) is 2.30. The largest absolute Gasteiger partial charge is 0.454 e. The number of ether oxygens (including phenoxy) is 2. The second-order valence-corrected chi connectivity index (χ2v) is 5.09. The molecule has 1 aliphatic heterocycles. The summed E-state index contributed by atoms with van der Waals surface area (Å²) in [6, 6.07) is 14.8. The summed E-state index contributed by atoms with van der Waals surface area (Å²) in [5.41, 5.74) is 1.54. The average Bonchev–Trinajstić information content (AvgIpc) is 3.07. The van der Waals surface area contributed by atoms with Crippen LogP contribution in [0.4, 0.5) is 0 Å². The van der Waals surface area contributed by atoms with Gasteiger partial charge >= 0.3 is 0 Å². The molecule has 118 valence electrons. The van der Waals surface area contributed by atoms with Gasteiger partial charge in [0.05, 0.1) is 0 Å². The molecular formula is C18H17NO4. The zero-order chi connectivity index (χ0) is 16.1. The van der Waals surface area contributed by atoms with Crippen LogP contribution in [0.5, 0.6) is 11.5 Å². The quantitative estimate of drug-likeness (QED) is 0.831. The van der Waals surface area contributed by atoms with Crippen LogP contribution in [0.15, 0.2) is 54.6 Å². The molecular weight excluding hydrogens is 294 g/mol. The van der Waals surface area contributed by atoms with Gasteiger partial charge in [-0.3, -0.25) is 4.79 Å².